The summed E-state index contributed by atoms with van der Waals surface area (Å²) in [5.41, 5.74) is 1.60. The number of amides is 2. The molecule has 0 radical (unpaired) electrons. The molecule has 202 valence electrons. The van der Waals surface area contributed by atoms with E-state index in [1.165, 1.54) is 0 Å². The lowest BCUT2D eigenvalue weighted by atomic mass is 10.0. The Morgan fingerprint density at radius 1 is 0.921 bits per heavy atom. The lowest BCUT2D eigenvalue weighted by Gasteiger charge is -2.33. The topological polar surface area (TPSA) is 49.4 Å². The van der Waals surface area contributed by atoms with E-state index < -0.39 is 6.04 Å². The van der Waals surface area contributed by atoms with Crippen LogP contribution in [0.2, 0.25) is 15.1 Å². The van der Waals surface area contributed by atoms with Crippen molar-refractivity contribution in [2.75, 3.05) is 5.75 Å². The fraction of sp³-hybridized carbons (Fsp3) is 0.333. The molecule has 0 heterocycles. The second-order valence-corrected chi connectivity index (χ2v) is 11.6. The van der Waals surface area contributed by atoms with E-state index in [9.17, 15) is 9.59 Å². The Hall–Kier alpha value is -2.18. The van der Waals surface area contributed by atoms with E-state index in [0.29, 0.717) is 39.9 Å². The van der Waals surface area contributed by atoms with Gasteiger partial charge >= 0.3 is 0 Å². The summed E-state index contributed by atoms with van der Waals surface area (Å²) in [6, 6.07) is 21.9. The molecule has 0 aliphatic heterocycles. The highest BCUT2D eigenvalue weighted by molar-refractivity contribution is 7.99. The Labute approximate surface area is 245 Å². The first-order valence-corrected chi connectivity index (χ1v) is 14.9. The quantitative estimate of drug-likeness (QED) is 0.161. The molecule has 0 bridgehead atoms. The van der Waals surface area contributed by atoms with Crippen molar-refractivity contribution in [3.63, 3.8) is 0 Å². The Balaban J connectivity index is 1.84. The second kappa shape index (κ2) is 15.4. The minimum absolute atomic E-state index is 0.0163. The molecule has 0 unspecified atom stereocenters. The standard InChI is InChI=1S/C30H33Cl3N2O2S/c1-3-21(2)34-30(37)28(19-22-9-5-4-6-10-22)35(20-25-26(32)11-7-12-27(25)33)29(36)13-8-18-38-24-16-14-23(31)15-17-24/h4-7,9-12,14-17,21,28H,3,8,13,18-20H2,1-2H3,(H,34,37)/t21-,28-/m0/s1. The van der Waals surface area contributed by atoms with E-state index in [1.807, 2.05) is 68.4 Å². The number of nitrogens with one attached hydrogen (secondary N) is 1. The largest absolute Gasteiger partial charge is 0.352 e. The third-order valence-corrected chi connectivity index (χ3v) is 8.34. The Morgan fingerprint density at radius 3 is 2.21 bits per heavy atom. The summed E-state index contributed by atoms with van der Waals surface area (Å²) in [6.07, 6.45) is 2.13. The van der Waals surface area contributed by atoms with Gasteiger partial charge in [-0.25, -0.2) is 0 Å². The van der Waals surface area contributed by atoms with Crippen LogP contribution in [0.25, 0.3) is 0 Å². The van der Waals surface area contributed by atoms with Crippen molar-refractivity contribution in [2.45, 2.75) is 63.1 Å². The van der Waals surface area contributed by atoms with Crippen molar-refractivity contribution in [3.8, 4) is 0 Å². The normalized spacial score (nSPS) is 12.6. The van der Waals surface area contributed by atoms with Gasteiger partial charge in [-0.05, 0) is 67.5 Å². The van der Waals surface area contributed by atoms with E-state index in [-0.39, 0.29) is 24.4 Å². The number of nitrogens with zero attached hydrogens (tertiary/aromatic N) is 1. The summed E-state index contributed by atoms with van der Waals surface area (Å²) in [4.78, 5) is 30.1. The first-order chi connectivity index (χ1) is 18.3. The molecule has 0 aliphatic rings. The molecule has 0 fully saturated rings. The molecule has 4 nitrogen and oxygen atoms in total. The molecule has 0 saturated carbocycles. The van der Waals surface area contributed by atoms with Gasteiger partial charge in [-0.1, -0.05) is 78.1 Å². The highest BCUT2D eigenvalue weighted by Crippen LogP contribution is 2.28. The lowest BCUT2D eigenvalue weighted by Crippen LogP contribution is -2.52. The summed E-state index contributed by atoms with van der Waals surface area (Å²) in [5, 5.41) is 4.71. The molecular weight excluding hydrogens is 559 g/mol. The van der Waals surface area contributed by atoms with Crippen LogP contribution in [0.4, 0.5) is 0 Å². The predicted octanol–water partition coefficient (Wildman–Crippen LogP) is 8.07. The molecule has 38 heavy (non-hydrogen) atoms. The Morgan fingerprint density at radius 2 is 1.58 bits per heavy atom. The third-order valence-electron chi connectivity index (χ3n) is 6.28. The van der Waals surface area contributed by atoms with Crippen LogP contribution >= 0.6 is 46.6 Å². The van der Waals surface area contributed by atoms with E-state index in [1.54, 1.807) is 34.9 Å². The number of hydrogen-bond acceptors (Lipinski definition) is 3. The molecule has 0 spiro atoms. The zero-order valence-electron chi connectivity index (χ0n) is 21.6. The van der Waals surface area contributed by atoms with Gasteiger partial charge in [0.25, 0.3) is 0 Å². The first kappa shape index (κ1) is 30.4. The summed E-state index contributed by atoms with van der Waals surface area (Å²) in [5.74, 6) is 0.462. The van der Waals surface area contributed by atoms with Crippen molar-refractivity contribution in [1.29, 1.82) is 0 Å². The average Bonchev–Trinajstić information content (AvgIpc) is 2.91. The molecule has 3 aromatic carbocycles. The average molecular weight is 592 g/mol. The van der Waals surface area contributed by atoms with Gasteiger partial charge < -0.3 is 10.2 Å². The van der Waals surface area contributed by atoms with Gasteiger partial charge in [-0.2, -0.15) is 0 Å². The number of rotatable bonds is 13. The van der Waals surface area contributed by atoms with Gasteiger partial charge in [-0.15, -0.1) is 11.8 Å². The van der Waals surface area contributed by atoms with Crippen LogP contribution in [-0.2, 0) is 22.6 Å². The monoisotopic (exact) mass is 590 g/mol. The molecule has 8 heteroatoms. The molecule has 0 aromatic heterocycles. The van der Waals surface area contributed by atoms with Gasteiger partial charge in [0.05, 0.1) is 0 Å². The molecule has 0 saturated heterocycles. The van der Waals surface area contributed by atoms with Crippen molar-refractivity contribution in [2.24, 2.45) is 0 Å². The van der Waals surface area contributed by atoms with Gasteiger partial charge in [0.1, 0.15) is 6.04 Å². The maximum atomic E-state index is 13.8. The molecular formula is C30H33Cl3N2O2S. The molecule has 2 atom stereocenters. The maximum Gasteiger partial charge on any atom is 0.243 e. The fourth-order valence-electron chi connectivity index (χ4n) is 3.94. The van der Waals surface area contributed by atoms with E-state index in [2.05, 4.69) is 5.32 Å². The number of halogens is 3. The fourth-order valence-corrected chi connectivity index (χ4v) is 5.43. The Kier molecular flexibility index (Phi) is 12.3. The van der Waals surface area contributed by atoms with E-state index >= 15 is 0 Å². The van der Waals surface area contributed by atoms with Gasteiger partial charge in [0.2, 0.25) is 11.8 Å². The van der Waals surface area contributed by atoms with Crippen LogP contribution < -0.4 is 5.32 Å². The van der Waals surface area contributed by atoms with Crippen LogP contribution in [0, 0.1) is 0 Å². The van der Waals surface area contributed by atoms with Crippen LogP contribution in [0.15, 0.2) is 77.7 Å². The summed E-state index contributed by atoms with van der Waals surface area (Å²) >= 11 is 20.6. The van der Waals surface area contributed by atoms with Gasteiger partial charge in [0, 0.05) is 51.0 Å². The van der Waals surface area contributed by atoms with Crippen molar-refractivity contribution in [3.05, 3.63) is 99.0 Å². The van der Waals surface area contributed by atoms with Gasteiger partial charge in [0.15, 0.2) is 0 Å². The smallest absolute Gasteiger partial charge is 0.243 e. The van der Waals surface area contributed by atoms with Crippen molar-refractivity contribution in [1.82, 2.24) is 10.2 Å². The number of hydrogen-bond donors (Lipinski definition) is 1. The van der Waals surface area contributed by atoms with Crippen LogP contribution in [0.5, 0.6) is 0 Å². The van der Waals surface area contributed by atoms with Crippen LogP contribution in [0.3, 0.4) is 0 Å². The minimum atomic E-state index is -0.713. The maximum absolute atomic E-state index is 13.8. The molecule has 3 rings (SSSR count). The number of benzene rings is 3. The summed E-state index contributed by atoms with van der Waals surface area (Å²) in [6.45, 7) is 4.12. The predicted molar refractivity (Wildman–Crippen MR) is 160 cm³/mol. The lowest BCUT2D eigenvalue weighted by molar-refractivity contribution is -0.141. The second-order valence-electron chi connectivity index (χ2n) is 9.15. The third kappa shape index (κ3) is 9.23. The SMILES string of the molecule is CC[C@H](C)NC(=O)[C@H](Cc1ccccc1)N(Cc1c(Cl)cccc1Cl)C(=O)CCCSc1ccc(Cl)cc1. The summed E-state index contributed by atoms with van der Waals surface area (Å²) < 4.78 is 0. The zero-order chi connectivity index (χ0) is 27.5. The van der Waals surface area contributed by atoms with E-state index in [4.69, 9.17) is 34.8 Å². The molecule has 1 N–H and O–H groups in total. The molecule has 3 aromatic rings. The van der Waals surface area contributed by atoms with Crippen LogP contribution in [0.1, 0.15) is 44.2 Å². The zero-order valence-corrected chi connectivity index (χ0v) is 24.7. The van der Waals surface area contributed by atoms with E-state index in [0.717, 1.165) is 22.6 Å². The highest BCUT2D eigenvalue weighted by Gasteiger charge is 2.31. The highest BCUT2D eigenvalue weighted by atomic mass is 35.5. The van der Waals surface area contributed by atoms with Crippen molar-refractivity contribution >= 4 is 58.4 Å². The van der Waals surface area contributed by atoms with Gasteiger partial charge in [-0.3, -0.25) is 9.59 Å². The number of thioether (sulfide) groups is 1. The van der Waals surface area contributed by atoms with Crippen LogP contribution in [-0.4, -0.2) is 34.6 Å². The number of carbonyl (C=O) groups excluding carboxylic acids is 2. The van der Waals surface area contributed by atoms with Crippen molar-refractivity contribution < 1.29 is 9.59 Å². The molecule has 0 aliphatic carbocycles. The number of carbonyl (C=O) groups is 2. The summed E-state index contributed by atoms with van der Waals surface area (Å²) in [7, 11) is 0. The first-order valence-electron chi connectivity index (χ1n) is 12.7. The minimum Gasteiger partial charge on any atom is -0.352 e. The Bertz CT molecular complexity index is 1170. The molecule has 2 amide bonds.